The predicted octanol–water partition coefficient (Wildman–Crippen LogP) is 2.59. The zero-order chi connectivity index (χ0) is 18.0. The molecule has 0 aliphatic carbocycles. The molecule has 25 heavy (non-hydrogen) atoms. The standard InChI is InChI=1S/C18H24FN3O2S/c1-14-7-8-15(19)12-18(14)25(23,24)20-13-17(22-10-3-4-11-22)16-6-5-9-21(16)2/h5-9,12,17,20H,3-4,10-11,13H2,1-2H3. The van der Waals surface area contributed by atoms with Crippen molar-refractivity contribution in [3.05, 3.63) is 53.6 Å². The number of rotatable bonds is 6. The lowest BCUT2D eigenvalue weighted by Crippen LogP contribution is -2.37. The maximum absolute atomic E-state index is 13.5. The molecule has 7 heteroatoms. The first-order chi connectivity index (χ1) is 11.9. The number of likely N-dealkylation sites (tertiary alicyclic amines) is 1. The molecular weight excluding hydrogens is 341 g/mol. The Bertz CT molecular complexity index is 842. The first-order valence-electron chi connectivity index (χ1n) is 8.49. The molecule has 1 aliphatic heterocycles. The van der Waals surface area contributed by atoms with Crippen molar-refractivity contribution >= 4 is 10.0 Å². The lowest BCUT2D eigenvalue weighted by atomic mass is 10.2. The van der Waals surface area contributed by atoms with E-state index in [1.54, 1.807) is 6.92 Å². The molecule has 3 rings (SSSR count). The second-order valence-electron chi connectivity index (χ2n) is 6.56. The van der Waals surface area contributed by atoms with Gasteiger partial charge in [-0.2, -0.15) is 0 Å². The second kappa shape index (κ2) is 7.27. The molecule has 0 amide bonds. The molecule has 1 aliphatic rings. The predicted molar refractivity (Wildman–Crippen MR) is 95.3 cm³/mol. The maximum Gasteiger partial charge on any atom is 0.240 e. The summed E-state index contributed by atoms with van der Waals surface area (Å²) in [4.78, 5) is 2.30. The van der Waals surface area contributed by atoms with E-state index in [9.17, 15) is 12.8 Å². The van der Waals surface area contributed by atoms with Crippen molar-refractivity contribution in [1.82, 2.24) is 14.2 Å². The molecule has 0 bridgehead atoms. The average molecular weight is 365 g/mol. The fourth-order valence-corrected chi connectivity index (χ4v) is 4.72. The van der Waals surface area contributed by atoms with Gasteiger partial charge in [-0.3, -0.25) is 4.90 Å². The van der Waals surface area contributed by atoms with Crippen molar-refractivity contribution in [3.63, 3.8) is 0 Å². The van der Waals surface area contributed by atoms with E-state index < -0.39 is 15.8 Å². The number of nitrogens with zero attached hydrogens (tertiary/aromatic N) is 2. The number of sulfonamides is 1. The van der Waals surface area contributed by atoms with Crippen LogP contribution in [0.15, 0.2) is 41.4 Å². The second-order valence-corrected chi connectivity index (χ2v) is 8.30. The molecule has 5 nitrogen and oxygen atoms in total. The molecule has 1 N–H and O–H groups in total. The lowest BCUT2D eigenvalue weighted by Gasteiger charge is -2.28. The Balaban J connectivity index is 1.83. The van der Waals surface area contributed by atoms with Gasteiger partial charge in [-0.1, -0.05) is 6.07 Å². The highest BCUT2D eigenvalue weighted by atomic mass is 32.2. The van der Waals surface area contributed by atoms with Gasteiger partial charge < -0.3 is 4.57 Å². The van der Waals surface area contributed by atoms with E-state index in [2.05, 4.69) is 9.62 Å². The van der Waals surface area contributed by atoms with Crippen LogP contribution in [0.25, 0.3) is 0 Å². The van der Waals surface area contributed by atoms with Crippen molar-refractivity contribution in [2.24, 2.45) is 7.05 Å². The quantitative estimate of drug-likeness (QED) is 0.856. The summed E-state index contributed by atoms with van der Waals surface area (Å²) in [6.07, 6.45) is 4.21. The summed E-state index contributed by atoms with van der Waals surface area (Å²) in [5, 5.41) is 0. The molecule has 1 aromatic carbocycles. The molecule has 1 atom stereocenters. The third-order valence-electron chi connectivity index (χ3n) is 4.81. The number of halogens is 1. The van der Waals surface area contributed by atoms with E-state index in [0.717, 1.165) is 37.7 Å². The van der Waals surface area contributed by atoms with Crippen LogP contribution in [0, 0.1) is 12.7 Å². The van der Waals surface area contributed by atoms with E-state index in [0.29, 0.717) is 5.56 Å². The minimum Gasteiger partial charge on any atom is -0.353 e. The Morgan fingerprint density at radius 2 is 1.96 bits per heavy atom. The van der Waals surface area contributed by atoms with Crippen LogP contribution in [0.3, 0.4) is 0 Å². The van der Waals surface area contributed by atoms with Crippen molar-refractivity contribution < 1.29 is 12.8 Å². The molecule has 1 unspecified atom stereocenters. The minimum atomic E-state index is -3.77. The monoisotopic (exact) mass is 365 g/mol. The van der Waals surface area contributed by atoms with Gasteiger partial charge in [0.1, 0.15) is 5.82 Å². The molecular formula is C18H24FN3O2S. The summed E-state index contributed by atoms with van der Waals surface area (Å²) in [5.41, 5.74) is 1.60. The normalized spacial score (nSPS) is 17.1. The van der Waals surface area contributed by atoms with Gasteiger partial charge in [0.05, 0.1) is 10.9 Å². The number of hydrogen-bond acceptors (Lipinski definition) is 3. The molecule has 1 aromatic heterocycles. The van der Waals surface area contributed by atoms with Crippen LogP contribution in [0.5, 0.6) is 0 Å². The molecule has 2 heterocycles. The first kappa shape index (κ1) is 18.1. The van der Waals surface area contributed by atoms with Gasteiger partial charge >= 0.3 is 0 Å². The summed E-state index contributed by atoms with van der Waals surface area (Å²) in [6, 6.07) is 7.77. The zero-order valence-corrected chi connectivity index (χ0v) is 15.4. The van der Waals surface area contributed by atoms with E-state index in [1.807, 2.05) is 29.9 Å². The fourth-order valence-electron chi connectivity index (χ4n) is 3.42. The Kier molecular flexibility index (Phi) is 5.27. The molecule has 0 radical (unpaired) electrons. The highest BCUT2D eigenvalue weighted by molar-refractivity contribution is 7.89. The summed E-state index contributed by atoms with van der Waals surface area (Å²) in [7, 11) is -1.81. The molecule has 0 spiro atoms. The summed E-state index contributed by atoms with van der Waals surface area (Å²) >= 11 is 0. The van der Waals surface area contributed by atoms with Gasteiger partial charge in [-0.05, 0) is 62.7 Å². The minimum absolute atomic E-state index is 0.000414. The van der Waals surface area contributed by atoms with Crippen LogP contribution in [-0.2, 0) is 17.1 Å². The third kappa shape index (κ3) is 3.94. The van der Waals surface area contributed by atoms with Crippen LogP contribution in [0.2, 0.25) is 0 Å². The smallest absolute Gasteiger partial charge is 0.240 e. The first-order valence-corrected chi connectivity index (χ1v) is 9.98. The van der Waals surface area contributed by atoms with Crippen molar-refractivity contribution in [2.75, 3.05) is 19.6 Å². The van der Waals surface area contributed by atoms with E-state index in [1.165, 1.54) is 12.1 Å². The molecule has 1 fully saturated rings. The van der Waals surface area contributed by atoms with Gasteiger partial charge in [0.25, 0.3) is 0 Å². The SMILES string of the molecule is Cc1ccc(F)cc1S(=O)(=O)NCC(c1cccn1C)N1CCCC1. The Hall–Kier alpha value is -1.70. The maximum atomic E-state index is 13.5. The van der Waals surface area contributed by atoms with E-state index >= 15 is 0 Å². The van der Waals surface area contributed by atoms with Crippen molar-refractivity contribution in [2.45, 2.75) is 30.7 Å². The van der Waals surface area contributed by atoms with Crippen LogP contribution in [0.1, 0.15) is 30.1 Å². The number of benzene rings is 1. The van der Waals surface area contributed by atoms with E-state index in [-0.39, 0.29) is 17.5 Å². The van der Waals surface area contributed by atoms with Crippen LogP contribution in [-0.4, -0.2) is 37.5 Å². The topological polar surface area (TPSA) is 54.3 Å². The van der Waals surface area contributed by atoms with Crippen LogP contribution in [0.4, 0.5) is 4.39 Å². The van der Waals surface area contributed by atoms with Gasteiger partial charge in [-0.25, -0.2) is 17.5 Å². The van der Waals surface area contributed by atoms with Gasteiger partial charge in [0.2, 0.25) is 10.0 Å². The summed E-state index contributed by atoms with van der Waals surface area (Å²) < 4.78 is 43.6. The highest BCUT2D eigenvalue weighted by Crippen LogP contribution is 2.25. The molecule has 0 saturated carbocycles. The Morgan fingerprint density at radius 1 is 1.24 bits per heavy atom. The number of hydrogen-bond donors (Lipinski definition) is 1. The largest absolute Gasteiger partial charge is 0.353 e. The van der Waals surface area contributed by atoms with Gasteiger partial charge in [0, 0.05) is 25.5 Å². The molecule has 136 valence electrons. The fraction of sp³-hybridized carbons (Fsp3) is 0.444. The molecule has 2 aromatic rings. The lowest BCUT2D eigenvalue weighted by molar-refractivity contribution is 0.238. The average Bonchev–Trinajstić information content (AvgIpc) is 3.23. The van der Waals surface area contributed by atoms with Crippen molar-refractivity contribution in [1.29, 1.82) is 0 Å². The van der Waals surface area contributed by atoms with Gasteiger partial charge in [-0.15, -0.1) is 0 Å². The highest BCUT2D eigenvalue weighted by Gasteiger charge is 2.27. The van der Waals surface area contributed by atoms with Crippen molar-refractivity contribution in [3.8, 4) is 0 Å². The number of nitrogens with one attached hydrogen (secondary N) is 1. The number of aryl methyl sites for hydroxylation is 2. The number of aromatic nitrogens is 1. The zero-order valence-electron chi connectivity index (χ0n) is 14.6. The Labute approximate surface area is 148 Å². The Morgan fingerprint density at radius 3 is 2.60 bits per heavy atom. The van der Waals surface area contributed by atoms with E-state index in [4.69, 9.17) is 0 Å². The van der Waals surface area contributed by atoms with Crippen LogP contribution < -0.4 is 4.72 Å². The molecule has 1 saturated heterocycles. The third-order valence-corrected chi connectivity index (χ3v) is 6.38. The summed E-state index contributed by atoms with van der Waals surface area (Å²) in [6.45, 7) is 3.84. The summed E-state index contributed by atoms with van der Waals surface area (Å²) in [5.74, 6) is -0.551. The van der Waals surface area contributed by atoms with Crippen LogP contribution >= 0.6 is 0 Å². The van der Waals surface area contributed by atoms with Gasteiger partial charge in [0.15, 0.2) is 0 Å².